The highest BCUT2D eigenvalue weighted by molar-refractivity contribution is 7.10. The molecular formula is C15H17ClFNS. The molecule has 102 valence electrons. The predicted molar refractivity (Wildman–Crippen MR) is 80.5 cm³/mol. The highest BCUT2D eigenvalue weighted by atomic mass is 35.5. The Morgan fingerprint density at radius 3 is 2.84 bits per heavy atom. The third kappa shape index (κ3) is 4.03. The first-order chi connectivity index (χ1) is 9.20. The molecule has 0 bridgehead atoms. The number of hydrogen-bond donors (Lipinski definition) is 1. The van der Waals surface area contributed by atoms with E-state index in [0.717, 1.165) is 24.9 Å². The van der Waals surface area contributed by atoms with E-state index in [1.807, 2.05) is 0 Å². The molecule has 0 fully saturated rings. The van der Waals surface area contributed by atoms with Gasteiger partial charge in [-0.3, -0.25) is 0 Å². The van der Waals surface area contributed by atoms with Gasteiger partial charge in [0.1, 0.15) is 5.82 Å². The standard InChI is InChI=1S/C15H17ClFNS/c1-2-7-18-14(15-4-3-8-19-15)10-11-5-6-13(17)12(16)9-11/h3-6,8-9,14,18H,2,7,10H2,1H3. The molecule has 1 atom stereocenters. The first-order valence-electron chi connectivity index (χ1n) is 6.41. The molecule has 0 radical (unpaired) electrons. The van der Waals surface area contributed by atoms with Crippen LogP contribution in [-0.4, -0.2) is 6.54 Å². The van der Waals surface area contributed by atoms with Crippen LogP contribution in [0, 0.1) is 5.82 Å². The van der Waals surface area contributed by atoms with Gasteiger partial charge < -0.3 is 5.32 Å². The summed E-state index contributed by atoms with van der Waals surface area (Å²) in [7, 11) is 0. The van der Waals surface area contributed by atoms with Gasteiger partial charge in [0.15, 0.2) is 0 Å². The van der Waals surface area contributed by atoms with Crippen molar-refractivity contribution in [1.29, 1.82) is 0 Å². The molecule has 4 heteroatoms. The molecule has 2 aromatic rings. The largest absolute Gasteiger partial charge is 0.309 e. The van der Waals surface area contributed by atoms with Gasteiger partial charge in [-0.2, -0.15) is 0 Å². The second-order valence-electron chi connectivity index (χ2n) is 4.47. The second-order valence-corrected chi connectivity index (χ2v) is 5.86. The van der Waals surface area contributed by atoms with E-state index in [4.69, 9.17) is 11.6 Å². The smallest absolute Gasteiger partial charge is 0.141 e. The van der Waals surface area contributed by atoms with Crippen LogP contribution < -0.4 is 5.32 Å². The van der Waals surface area contributed by atoms with Crippen molar-refractivity contribution < 1.29 is 4.39 Å². The molecule has 0 aliphatic heterocycles. The third-order valence-electron chi connectivity index (χ3n) is 2.95. The summed E-state index contributed by atoms with van der Waals surface area (Å²) < 4.78 is 13.2. The first kappa shape index (κ1) is 14.5. The number of hydrogen-bond acceptors (Lipinski definition) is 2. The molecule has 0 aliphatic rings. The predicted octanol–water partition coefficient (Wildman–Crippen LogP) is 4.82. The van der Waals surface area contributed by atoms with Crippen molar-refractivity contribution in [1.82, 2.24) is 5.32 Å². The maximum Gasteiger partial charge on any atom is 0.141 e. The zero-order valence-corrected chi connectivity index (χ0v) is 12.4. The Hall–Kier alpha value is -0.900. The van der Waals surface area contributed by atoms with Crippen molar-refractivity contribution >= 4 is 22.9 Å². The quantitative estimate of drug-likeness (QED) is 0.806. The van der Waals surface area contributed by atoms with E-state index in [-0.39, 0.29) is 16.9 Å². The van der Waals surface area contributed by atoms with Gasteiger partial charge >= 0.3 is 0 Å². The van der Waals surface area contributed by atoms with Gasteiger partial charge in [-0.1, -0.05) is 30.7 Å². The number of benzene rings is 1. The van der Waals surface area contributed by atoms with Gasteiger partial charge in [-0.25, -0.2) is 4.39 Å². The summed E-state index contributed by atoms with van der Waals surface area (Å²) in [5, 5.41) is 5.80. The highest BCUT2D eigenvalue weighted by Crippen LogP contribution is 2.25. The van der Waals surface area contributed by atoms with Crippen LogP contribution in [0.25, 0.3) is 0 Å². The number of rotatable bonds is 6. The molecule has 0 saturated carbocycles. The molecule has 1 unspecified atom stereocenters. The maximum absolute atomic E-state index is 13.2. The Kier molecular flexibility index (Phi) is 5.37. The fourth-order valence-electron chi connectivity index (χ4n) is 1.98. The number of halogens is 2. The van der Waals surface area contributed by atoms with Crippen molar-refractivity contribution in [3.05, 3.63) is 57.0 Å². The normalized spacial score (nSPS) is 12.6. The molecule has 1 aromatic heterocycles. The van der Waals surface area contributed by atoms with E-state index in [2.05, 4.69) is 29.8 Å². The molecule has 1 nitrogen and oxygen atoms in total. The molecule has 1 N–H and O–H groups in total. The summed E-state index contributed by atoms with van der Waals surface area (Å²) >= 11 is 7.57. The molecule has 19 heavy (non-hydrogen) atoms. The van der Waals surface area contributed by atoms with Crippen LogP contribution in [-0.2, 0) is 6.42 Å². The molecule has 0 amide bonds. The van der Waals surface area contributed by atoms with E-state index in [9.17, 15) is 4.39 Å². The summed E-state index contributed by atoms with van der Waals surface area (Å²) in [5.41, 5.74) is 1.05. The SMILES string of the molecule is CCCNC(Cc1ccc(F)c(Cl)c1)c1cccs1. The van der Waals surface area contributed by atoms with E-state index in [1.165, 1.54) is 10.9 Å². The van der Waals surface area contributed by atoms with Crippen molar-refractivity contribution in [2.24, 2.45) is 0 Å². The Balaban J connectivity index is 2.13. The number of thiophene rings is 1. The van der Waals surface area contributed by atoms with Crippen LogP contribution in [0.4, 0.5) is 4.39 Å². The van der Waals surface area contributed by atoms with Gasteiger partial charge in [0.25, 0.3) is 0 Å². The van der Waals surface area contributed by atoms with E-state index in [0.29, 0.717) is 0 Å². The minimum Gasteiger partial charge on any atom is -0.309 e. The van der Waals surface area contributed by atoms with Crippen molar-refractivity contribution in [2.75, 3.05) is 6.54 Å². The Morgan fingerprint density at radius 1 is 1.37 bits per heavy atom. The Bertz CT molecular complexity index is 513. The van der Waals surface area contributed by atoms with Gasteiger partial charge in [0.2, 0.25) is 0 Å². The van der Waals surface area contributed by atoms with Crippen molar-refractivity contribution in [3.63, 3.8) is 0 Å². The summed E-state index contributed by atoms with van der Waals surface area (Å²) in [6.45, 7) is 3.12. The van der Waals surface area contributed by atoms with Gasteiger partial charge in [0, 0.05) is 10.9 Å². The lowest BCUT2D eigenvalue weighted by molar-refractivity contribution is 0.536. The lowest BCUT2D eigenvalue weighted by atomic mass is 10.0. The topological polar surface area (TPSA) is 12.0 Å². The Labute approximate surface area is 122 Å². The van der Waals surface area contributed by atoms with Gasteiger partial charge in [-0.05, 0) is 48.5 Å². The van der Waals surface area contributed by atoms with Crippen LogP contribution in [0.15, 0.2) is 35.7 Å². The molecule has 2 rings (SSSR count). The van der Waals surface area contributed by atoms with Gasteiger partial charge in [-0.15, -0.1) is 11.3 Å². The third-order valence-corrected chi connectivity index (χ3v) is 4.23. The summed E-state index contributed by atoms with van der Waals surface area (Å²) in [6.07, 6.45) is 1.91. The lowest BCUT2D eigenvalue weighted by Gasteiger charge is -2.17. The average molecular weight is 298 g/mol. The molecular weight excluding hydrogens is 281 g/mol. The van der Waals surface area contributed by atoms with Crippen molar-refractivity contribution in [2.45, 2.75) is 25.8 Å². The zero-order chi connectivity index (χ0) is 13.7. The monoisotopic (exact) mass is 297 g/mol. The minimum absolute atomic E-state index is 0.193. The van der Waals surface area contributed by atoms with Crippen molar-refractivity contribution in [3.8, 4) is 0 Å². The fourth-order valence-corrected chi connectivity index (χ4v) is 2.99. The van der Waals surface area contributed by atoms with E-state index in [1.54, 1.807) is 23.5 Å². The summed E-state index contributed by atoms with van der Waals surface area (Å²) in [6, 6.07) is 9.40. The van der Waals surface area contributed by atoms with Gasteiger partial charge in [0.05, 0.1) is 5.02 Å². The fraction of sp³-hybridized carbons (Fsp3) is 0.333. The minimum atomic E-state index is -0.361. The zero-order valence-electron chi connectivity index (χ0n) is 10.8. The Morgan fingerprint density at radius 2 is 2.21 bits per heavy atom. The highest BCUT2D eigenvalue weighted by Gasteiger charge is 2.13. The maximum atomic E-state index is 13.2. The average Bonchev–Trinajstić information content (AvgIpc) is 2.92. The van der Waals surface area contributed by atoms with Crippen LogP contribution in [0.3, 0.4) is 0 Å². The lowest BCUT2D eigenvalue weighted by Crippen LogP contribution is -2.23. The van der Waals surface area contributed by atoms with Crippen LogP contribution in [0.5, 0.6) is 0 Å². The second kappa shape index (κ2) is 7.04. The molecule has 0 aliphatic carbocycles. The molecule has 0 spiro atoms. The summed E-state index contributed by atoms with van der Waals surface area (Å²) in [4.78, 5) is 1.30. The molecule has 1 heterocycles. The number of nitrogens with one attached hydrogen (secondary N) is 1. The van der Waals surface area contributed by atoms with Crippen LogP contribution >= 0.6 is 22.9 Å². The van der Waals surface area contributed by atoms with E-state index >= 15 is 0 Å². The van der Waals surface area contributed by atoms with E-state index < -0.39 is 0 Å². The van der Waals surface area contributed by atoms with Crippen LogP contribution in [0.2, 0.25) is 5.02 Å². The first-order valence-corrected chi connectivity index (χ1v) is 7.67. The van der Waals surface area contributed by atoms with Crippen LogP contribution in [0.1, 0.15) is 29.8 Å². The molecule has 1 aromatic carbocycles. The molecule has 0 saturated heterocycles. The summed E-state index contributed by atoms with van der Waals surface area (Å²) in [5.74, 6) is -0.361.